The molecule has 2 unspecified atom stereocenters. The van der Waals surface area contributed by atoms with Gasteiger partial charge >= 0.3 is 0 Å². The largest absolute Gasteiger partial charge is 0.355 e. The predicted molar refractivity (Wildman–Crippen MR) is 82.4 cm³/mol. The topological polar surface area (TPSA) is 84.2 Å². The van der Waals surface area contributed by atoms with Crippen LogP contribution >= 0.6 is 0 Å². The van der Waals surface area contributed by atoms with Gasteiger partial charge in [0.15, 0.2) is 0 Å². The van der Waals surface area contributed by atoms with Crippen molar-refractivity contribution in [3.8, 4) is 0 Å². The predicted octanol–water partition coefficient (Wildman–Crippen LogP) is 1.17. The van der Waals surface area contributed by atoms with Crippen LogP contribution in [0.5, 0.6) is 0 Å². The van der Waals surface area contributed by atoms with Crippen LogP contribution in [0.25, 0.3) is 0 Å². The van der Waals surface area contributed by atoms with Crippen molar-refractivity contribution in [2.75, 3.05) is 6.54 Å². The number of hydrogen-bond acceptors (Lipinski definition) is 3. The first kappa shape index (κ1) is 16.3. The first-order chi connectivity index (χ1) is 9.97. The molecule has 5 heteroatoms. The summed E-state index contributed by atoms with van der Waals surface area (Å²) in [6.45, 7) is 4.29. The fourth-order valence-electron chi connectivity index (χ4n) is 3.84. The van der Waals surface area contributed by atoms with Gasteiger partial charge in [0.25, 0.3) is 0 Å². The number of nitrogens with one attached hydrogen (secondary N) is 2. The molecule has 5 nitrogen and oxygen atoms in total. The number of rotatable bonds is 5. The molecule has 21 heavy (non-hydrogen) atoms. The Hall–Kier alpha value is -1.10. The molecule has 120 valence electrons. The Labute approximate surface area is 127 Å². The Kier molecular flexibility index (Phi) is 5.62. The van der Waals surface area contributed by atoms with Crippen molar-refractivity contribution in [2.24, 2.45) is 23.5 Å². The van der Waals surface area contributed by atoms with E-state index >= 15 is 0 Å². The second-order valence-corrected chi connectivity index (χ2v) is 6.96. The Morgan fingerprint density at radius 3 is 2.38 bits per heavy atom. The van der Waals surface area contributed by atoms with Gasteiger partial charge in [-0.1, -0.05) is 6.42 Å². The van der Waals surface area contributed by atoms with Crippen LogP contribution in [0.1, 0.15) is 52.4 Å². The quantitative estimate of drug-likeness (QED) is 0.712. The molecule has 4 N–H and O–H groups in total. The van der Waals surface area contributed by atoms with Gasteiger partial charge in [-0.3, -0.25) is 9.59 Å². The molecule has 0 saturated heterocycles. The minimum absolute atomic E-state index is 0.00663. The molecule has 2 aliphatic carbocycles. The zero-order valence-electron chi connectivity index (χ0n) is 13.2. The Morgan fingerprint density at radius 1 is 1.19 bits per heavy atom. The lowest BCUT2D eigenvalue weighted by Crippen LogP contribution is -2.49. The fourth-order valence-corrected chi connectivity index (χ4v) is 3.84. The third kappa shape index (κ3) is 4.43. The summed E-state index contributed by atoms with van der Waals surface area (Å²) in [5.74, 6) is 1.22. The fraction of sp³-hybridized carbons (Fsp3) is 0.875. The first-order valence-corrected chi connectivity index (χ1v) is 8.30. The summed E-state index contributed by atoms with van der Waals surface area (Å²) < 4.78 is 0. The highest BCUT2D eigenvalue weighted by atomic mass is 16.2. The van der Waals surface area contributed by atoms with Crippen molar-refractivity contribution in [3.63, 3.8) is 0 Å². The highest BCUT2D eigenvalue weighted by Gasteiger charge is 2.40. The van der Waals surface area contributed by atoms with Crippen LogP contribution in [-0.2, 0) is 9.59 Å². The average Bonchev–Trinajstić information content (AvgIpc) is 2.37. The molecule has 2 fully saturated rings. The van der Waals surface area contributed by atoms with Gasteiger partial charge < -0.3 is 16.4 Å². The summed E-state index contributed by atoms with van der Waals surface area (Å²) >= 11 is 0. The number of carbonyl (C=O) groups excluding carboxylic acids is 2. The van der Waals surface area contributed by atoms with E-state index in [1.807, 2.05) is 13.8 Å². The van der Waals surface area contributed by atoms with Gasteiger partial charge in [-0.05, 0) is 51.4 Å². The number of amides is 2. The molecule has 2 saturated carbocycles. The van der Waals surface area contributed by atoms with Crippen LogP contribution < -0.4 is 16.4 Å². The Balaban J connectivity index is 1.73. The van der Waals surface area contributed by atoms with Crippen molar-refractivity contribution in [2.45, 2.75) is 64.5 Å². The second kappa shape index (κ2) is 7.25. The molecule has 2 rings (SSSR count). The van der Waals surface area contributed by atoms with Gasteiger partial charge in [-0.15, -0.1) is 0 Å². The second-order valence-electron chi connectivity index (χ2n) is 6.96. The summed E-state index contributed by atoms with van der Waals surface area (Å²) in [6.07, 6.45) is 5.77. The van der Waals surface area contributed by atoms with E-state index < -0.39 is 0 Å². The van der Waals surface area contributed by atoms with Gasteiger partial charge in [0.1, 0.15) is 0 Å². The Morgan fingerprint density at radius 2 is 1.81 bits per heavy atom. The van der Waals surface area contributed by atoms with Crippen LogP contribution in [0, 0.1) is 17.8 Å². The molecular formula is C16H29N3O2. The van der Waals surface area contributed by atoms with E-state index in [0.717, 1.165) is 25.7 Å². The molecule has 0 spiro atoms. The van der Waals surface area contributed by atoms with E-state index in [-0.39, 0.29) is 23.8 Å². The van der Waals surface area contributed by atoms with E-state index in [9.17, 15) is 9.59 Å². The molecule has 0 heterocycles. The van der Waals surface area contributed by atoms with Crippen molar-refractivity contribution in [1.29, 1.82) is 0 Å². The van der Waals surface area contributed by atoms with Gasteiger partial charge in [0, 0.05) is 31.0 Å². The van der Waals surface area contributed by atoms with Crippen molar-refractivity contribution in [1.82, 2.24) is 10.6 Å². The lowest BCUT2D eigenvalue weighted by Gasteiger charge is -2.43. The summed E-state index contributed by atoms with van der Waals surface area (Å²) in [5.41, 5.74) is 6.25. The van der Waals surface area contributed by atoms with Gasteiger partial charge in [-0.25, -0.2) is 0 Å². The maximum atomic E-state index is 12.3. The maximum Gasteiger partial charge on any atom is 0.223 e. The Bertz CT molecular complexity index is 370. The summed E-state index contributed by atoms with van der Waals surface area (Å²) in [7, 11) is 0. The van der Waals surface area contributed by atoms with Crippen LogP contribution in [0.2, 0.25) is 0 Å². The van der Waals surface area contributed by atoms with Crippen LogP contribution in [0.3, 0.4) is 0 Å². The highest BCUT2D eigenvalue weighted by Crippen LogP contribution is 2.41. The van der Waals surface area contributed by atoms with Crippen molar-refractivity contribution < 1.29 is 9.59 Å². The molecule has 2 atom stereocenters. The molecule has 0 radical (unpaired) electrons. The monoisotopic (exact) mass is 295 g/mol. The normalized spacial score (nSPS) is 31.8. The summed E-state index contributed by atoms with van der Waals surface area (Å²) in [4.78, 5) is 23.8. The van der Waals surface area contributed by atoms with E-state index in [4.69, 9.17) is 5.73 Å². The summed E-state index contributed by atoms with van der Waals surface area (Å²) in [6, 6.07) is 0.437. The van der Waals surface area contributed by atoms with E-state index in [2.05, 4.69) is 10.6 Å². The standard InChI is InChI=1S/C16H29N3O2/c1-10(2)19-14(20)6-7-18-16(21)13-8-11-4-3-5-12(9-13)15(11)17/h10-13,15H,3-9,17H2,1-2H3,(H,18,21)(H,19,20). The third-order valence-corrected chi connectivity index (χ3v) is 4.88. The number of fused-ring (bicyclic) bond motifs is 2. The molecule has 2 bridgehead atoms. The highest BCUT2D eigenvalue weighted by molar-refractivity contribution is 5.80. The maximum absolute atomic E-state index is 12.3. The molecular weight excluding hydrogens is 266 g/mol. The number of nitrogens with two attached hydrogens (primary N) is 1. The number of hydrogen-bond donors (Lipinski definition) is 3. The van der Waals surface area contributed by atoms with Crippen LogP contribution in [-0.4, -0.2) is 30.4 Å². The van der Waals surface area contributed by atoms with E-state index in [1.165, 1.54) is 6.42 Å². The zero-order chi connectivity index (χ0) is 15.4. The first-order valence-electron chi connectivity index (χ1n) is 8.30. The summed E-state index contributed by atoms with van der Waals surface area (Å²) in [5, 5.41) is 5.75. The van der Waals surface area contributed by atoms with E-state index in [0.29, 0.717) is 30.8 Å². The average molecular weight is 295 g/mol. The van der Waals surface area contributed by atoms with Crippen LogP contribution in [0.4, 0.5) is 0 Å². The molecule has 0 aromatic rings. The van der Waals surface area contributed by atoms with Crippen LogP contribution in [0.15, 0.2) is 0 Å². The number of carbonyl (C=O) groups is 2. The minimum atomic E-state index is -0.00663. The molecule has 2 aliphatic rings. The SMILES string of the molecule is CC(C)NC(=O)CCNC(=O)C1CC2CCCC(C1)C2N. The van der Waals surface area contributed by atoms with Gasteiger partial charge in [0.05, 0.1) is 0 Å². The van der Waals surface area contributed by atoms with Crippen molar-refractivity contribution in [3.05, 3.63) is 0 Å². The van der Waals surface area contributed by atoms with Crippen molar-refractivity contribution >= 4 is 11.8 Å². The molecule has 0 aromatic heterocycles. The minimum Gasteiger partial charge on any atom is -0.355 e. The van der Waals surface area contributed by atoms with Gasteiger partial charge in [-0.2, -0.15) is 0 Å². The molecule has 0 aromatic carbocycles. The van der Waals surface area contributed by atoms with E-state index in [1.54, 1.807) is 0 Å². The van der Waals surface area contributed by atoms with Gasteiger partial charge in [0.2, 0.25) is 11.8 Å². The lowest BCUT2D eigenvalue weighted by atomic mass is 9.65. The third-order valence-electron chi connectivity index (χ3n) is 4.88. The lowest BCUT2D eigenvalue weighted by molar-refractivity contribution is -0.128. The molecule has 2 amide bonds. The molecule has 0 aliphatic heterocycles. The smallest absolute Gasteiger partial charge is 0.223 e. The zero-order valence-corrected chi connectivity index (χ0v) is 13.2.